The third kappa shape index (κ3) is 7.22. The van der Waals surface area contributed by atoms with E-state index in [1.54, 1.807) is 0 Å². The third-order valence-electron chi connectivity index (χ3n) is 4.61. The number of aliphatic imine (C=N–C) groups is 1. The number of hydrogen-bond acceptors (Lipinski definition) is 3. The van der Waals surface area contributed by atoms with E-state index in [2.05, 4.69) is 47.4 Å². The second kappa shape index (κ2) is 10.6. The molecule has 25 heavy (non-hydrogen) atoms. The van der Waals surface area contributed by atoms with Crippen molar-refractivity contribution in [3.8, 4) is 0 Å². The van der Waals surface area contributed by atoms with Crippen LogP contribution in [0.1, 0.15) is 19.4 Å². The molecule has 5 nitrogen and oxygen atoms in total. The summed E-state index contributed by atoms with van der Waals surface area (Å²) < 4.78 is 0. The summed E-state index contributed by atoms with van der Waals surface area (Å²) in [5.41, 5.74) is 1.24. The maximum atomic E-state index is 6.04. The highest BCUT2D eigenvalue weighted by molar-refractivity contribution is 6.30. The average Bonchev–Trinajstić information content (AvgIpc) is 2.60. The highest BCUT2D eigenvalue weighted by Crippen LogP contribution is 2.10. The molecule has 1 aliphatic heterocycles. The number of halogens is 1. The van der Waals surface area contributed by atoms with Crippen LogP contribution in [-0.2, 0) is 6.42 Å². The molecular weight excluding hydrogens is 334 g/mol. The topological polar surface area (TPSA) is 42.9 Å². The number of nitrogens with zero attached hydrogens (tertiary/aromatic N) is 3. The van der Waals surface area contributed by atoms with E-state index in [9.17, 15) is 0 Å². The van der Waals surface area contributed by atoms with Gasteiger partial charge in [0.15, 0.2) is 5.96 Å². The molecule has 1 aromatic carbocycles. The molecule has 1 aliphatic rings. The lowest BCUT2D eigenvalue weighted by Gasteiger charge is -2.35. The summed E-state index contributed by atoms with van der Waals surface area (Å²) in [6, 6.07) is 8.49. The zero-order valence-corrected chi connectivity index (χ0v) is 16.5. The second-order valence-corrected chi connectivity index (χ2v) is 7.15. The molecule has 6 heteroatoms. The zero-order chi connectivity index (χ0) is 18.1. The largest absolute Gasteiger partial charge is 0.357 e. The van der Waals surface area contributed by atoms with Gasteiger partial charge in [-0.3, -0.25) is 9.89 Å². The van der Waals surface area contributed by atoms with Gasteiger partial charge in [-0.15, -0.1) is 0 Å². The van der Waals surface area contributed by atoms with E-state index in [0.29, 0.717) is 6.04 Å². The van der Waals surface area contributed by atoms with E-state index in [-0.39, 0.29) is 0 Å². The minimum absolute atomic E-state index is 0.470. The number of hydrogen-bond donors (Lipinski definition) is 2. The van der Waals surface area contributed by atoms with Gasteiger partial charge in [0, 0.05) is 50.3 Å². The first-order valence-corrected chi connectivity index (χ1v) is 9.65. The van der Waals surface area contributed by atoms with Gasteiger partial charge in [0.2, 0.25) is 0 Å². The fourth-order valence-electron chi connectivity index (χ4n) is 2.96. The summed E-state index contributed by atoms with van der Waals surface area (Å²) in [5, 5.41) is 7.55. The van der Waals surface area contributed by atoms with Gasteiger partial charge in [0.25, 0.3) is 0 Å². The van der Waals surface area contributed by atoms with Crippen LogP contribution in [0.2, 0.25) is 5.02 Å². The first-order chi connectivity index (χ1) is 12.1. The summed E-state index contributed by atoms with van der Waals surface area (Å²) in [6.45, 7) is 11.4. The summed E-state index contributed by atoms with van der Waals surface area (Å²) in [5.74, 6) is 0.894. The molecule has 1 heterocycles. The minimum Gasteiger partial charge on any atom is -0.357 e. The van der Waals surface area contributed by atoms with Crippen molar-refractivity contribution >= 4 is 17.6 Å². The summed E-state index contributed by atoms with van der Waals surface area (Å²) in [4.78, 5) is 9.68. The first kappa shape index (κ1) is 20.0. The van der Waals surface area contributed by atoms with Gasteiger partial charge in [0.05, 0.1) is 6.54 Å². The number of piperazine rings is 1. The molecule has 1 aromatic rings. The fourth-order valence-corrected chi connectivity index (χ4v) is 3.17. The quantitative estimate of drug-likeness (QED) is 0.573. The lowest BCUT2D eigenvalue weighted by atomic mass is 10.1. The fraction of sp³-hybridized carbons (Fsp3) is 0.632. The van der Waals surface area contributed by atoms with Crippen LogP contribution in [0, 0.1) is 0 Å². The van der Waals surface area contributed by atoms with E-state index in [1.165, 1.54) is 5.56 Å². The third-order valence-corrected chi connectivity index (χ3v) is 4.85. The van der Waals surface area contributed by atoms with Gasteiger partial charge >= 0.3 is 0 Å². The molecule has 1 saturated heterocycles. The molecule has 2 rings (SSSR count). The molecule has 0 bridgehead atoms. The Labute approximate surface area is 157 Å². The minimum atomic E-state index is 0.470. The first-order valence-electron chi connectivity index (χ1n) is 9.27. The van der Waals surface area contributed by atoms with Crippen LogP contribution in [0.15, 0.2) is 29.3 Å². The standard InChI is InChI=1S/C19H32ClN5/c1-4-21-19(22-9-8-17-6-5-7-18(20)14-17)23-15-16(2)25-12-10-24(3)11-13-25/h5-7,14,16H,4,8-13,15H2,1-3H3,(H2,21,22,23). The van der Waals surface area contributed by atoms with Crippen LogP contribution < -0.4 is 10.6 Å². The van der Waals surface area contributed by atoms with Crippen molar-refractivity contribution in [2.75, 3.05) is 52.9 Å². The van der Waals surface area contributed by atoms with Gasteiger partial charge in [-0.2, -0.15) is 0 Å². The molecule has 0 spiro atoms. The van der Waals surface area contributed by atoms with Gasteiger partial charge in [-0.25, -0.2) is 0 Å². The van der Waals surface area contributed by atoms with Gasteiger partial charge in [-0.05, 0) is 45.0 Å². The van der Waals surface area contributed by atoms with Crippen LogP contribution >= 0.6 is 11.6 Å². The Bertz CT molecular complexity index is 540. The molecule has 140 valence electrons. The molecule has 1 fully saturated rings. The lowest BCUT2D eigenvalue weighted by Crippen LogP contribution is -2.49. The van der Waals surface area contributed by atoms with Crippen molar-refractivity contribution in [1.29, 1.82) is 0 Å². The van der Waals surface area contributed by atoms with Gasteiger partial charge in [0.1, 0.15) is 0 Å². The number of nitrogens with one attached hydrogen (secondary N) is 2. The molecule has 0 saturated carbocycles. The summed E-state index contributed by atoms with van der Waals surface area (Å²) in [6.07, 6.45) is 0.930. The van der Waals surface area contributed by atoms with Crippen molar-refractivity contribution in [1.82, 2.24) is 20.4 Å². The van der Waals surface area contributed by atoms with Crippen LogP contribution in [0.3, 0.4) is 0 Å². The van der Waals surface area contributed by atoms with Crippen LogP contribution in [-0.4, -0.2) is 74.7 Å². The smallest absolute Gasteiger partial charge is 0.191 e. The molecule has 2 N–H and O–H groups in total. The van der Waals surface area contributed by atoms with Crippen molar-refractivity contribution in [3.63, 3.8) is 0 Å². The predicted octanol–water partition coefficient (Wildman–Crippen LogP) is 2.07. The predicted molar refractivity (Wildman–Crippen MR) is 108 cm³/mol. The normalized spacial score (nSPS) is 18.2. The highest BCUT2D eigenvalue weighted by atomic mass is 35.5. The molecule has 0 amide bonds. The maximum Gasteiger partial charge on any atom is 0.191 e. The Morgan fingerprint density at radius 3 is 2.68 bits per heavy atom. The Morgan fingerprint density at radius 2 is 2.00 bits per heavy atom. The SMILES string of the molecule is CCNC(=NCC(C)N1CCN(C)CC1)NCCc1cccc(Cl)c1. The van der Waals surface area contributed by atoms with E-state index < -0.39 is 0 Å². The Kier molecular flexibility index (Phi) is 8.52. The average molecular weight is 366 g/mol. The molecular formula is C19H32ClN5. The second-order valence-electron chi connectivity index (χ2n) is 6.71. The summed E-state index contributed by atoms with van der Waals surface area (Å²) >= 11 is 6.04. The zero-order valence-electron chi connectivity index (χ0n) is 15.8. The maximum absolute atomic E-state index is 6.04. The molecule has 1 atom stereocenters. The number of rotatable bonds is 7. The number of guanidine groups is 1. The number of likely N-dealkylation sites (N-methyl/N-ethyl adjacent to an activating group) is 1. The van der Waals surface area contributed by atoms with Gasteiger partial charge in [-0.1, -0.05) is 23.7 Å². The van der Waals surface area contributed by atoms with E-state index in [1.807, 2.05) is 18.2 Å². The van der Waals surface area contributed by atoms with E-state index in [4.69, 9.17) is 16.6 Å². The van der Waals surface area contributed by atoms with E-state index in [0.717, 1.165) is 63.2 Å². The summed E-state index contributed by atoms with van der Waals surface area (Å²) in [7, 11) is 2.19. The molecule has 0 radical (unpaired) electrons. The van der Waals surface area contributed by atoms with Crippen LogP contribution in [0.4, 0.5) is 0 Å². The molecule has 1 unspecified atom stereocenters. The Balaban J connectivity index is 1.79. The van der Waals surface area contributed by atoms with Gasteiger partial charge < -0.3 is 15.5 Å². The van der Waals surface area contributed by atoms with Crippen molar-refractivity contribution < 1.29 is 0 Å². The van der Waals surface area contributed by atoms with Crippen molar-refractivity contribution in [3.05, 3.63) is 34.9 Å². The lowest BCUT2D eigenvalue weighted by molar-refractivity contribution is 0.122. The van der Waals surface area contributed by atoms with Crippen molar-refractivity contribution in [2.45, 2.75) is 26.3 Å². The van der Waals surface area contributed by atoms with Crippen molar-refractivity contribution in [2.24, 2.45) is 4.99 Å². The molecule has 0 aromatic heterocycles. The van der Waals surface area contributed by atoms with Crippen LogP contribution in [0.5, 0.6) is 0 Å². The number of benzene rings is 1. The Morgan fingerprint density at radius 1 is 1.24 bits per heavy atom. The highest BCUT2D eigenvalue weighted by Gasteiger charge is 2.18. The monoisotopic (exact) mass is 365 g/mol. The molecule has 0 aliphatic carbocycles. The van der Waals surface area contributed by atoms with E-state index >= 15 is 0 Å². The Hall–Kier alpha value is -1.30. The van der Waals surface area contributed by atoms with Crippen LogP contribution in [0.25, 0.3) is 0 Å².